The number of para-hydroxylation sites is 1. The smallest absolute Gasteiger partial charge is 0.416 e. The highest BCUT2D eigenvalue weighted by Gasteiger charge is 2.29. The Morgan fingerprint density at radius 2 is 1.74 bits per heavy atom. The Kier molecular flexibility index (Phi) is 6.87. The average Bonchev–Trinajstić information content (AvgIpc) is 2.73. The molecule has 0 aliphatic carbocycles. The molecular formula is C23H16ClF3O4. The molecule has 4 nitrogen and oxygen atoms in total. The lowest BCUT2D eigenvalue weighted by atomic mass is 10.1. The van der Waals surface area contributed by atoms with Gasteiger partial charge in [-0.25, -0.2) is 4.79 Å². The summed E-state index contributed by atoms with van der Waals surface area (Å²) in [4.78, 5) is 11.1. The zero-order valence-corrected chi connectivity index (χ0v) is 16.7. The third-order valence-corrected chi connectivity index (χ3v) is 4.41. The van der Waals surface area contributed by atoms with E-state index in [-0.39, 0.29) is 28.7 Å². The number of carboxylic acids is 1. The van der Waals surface area contributed by atoms with Crippen molar-refractivity contribution in [1.29, 1.82) is 0 Å². The van der Waals surface area contributed by atoms with Crippen LogP contribution in [0.5, 0.6) is 17.2 Å². The predicted molar refractivity (Wildman–Crippen MR) is 111 cm³/mol. The van der Waals surface area contributed by atoms with Gasteiger partial charge in [0.2, 0.25) is 0 Å². The van der Waals surface area contributed by atoms with Gasteiger partial charge in [-0.3, -0.25) is 0 Å². The molecular weight excluding hydrogens is 433 g/mol. The first-order chi connectivity index (χ1) is 14.7. The number of benzene rings is 3. The number of hydrogen-bond donors (Lipinski definition) is 1. The number of ether oxygens (including phenoxy) is 2. The molecule has 0 radical (unpaired) electrons. The summed E-state index contributed by atoms with van der Waals surface area (Å²) in [6.45, 7) is 0.104. The normalized spacial score (nSPS) is 11.5. The summed E-state index contributed by atoms with van der Waals surface area (Å²) < 4.78 is 49.3. The van der Waals surface area contributed by atoms with Crippen LogP contribution in [0.1, 0.15) is 21.5 Å². The summed E-state index contributed by atoms with van der Waals surface area (Å²) in [6, 6.07) is 15.6. The van der Waals surface area contributed by atoms with Gasteiger partial charge >= 0.3 is 12.1 Å². The van der Waals surface area contributed by atoms with Crippen molar-refractivity contribution in [3.63, 3.8) is 0 Å². The highest BCUT2D eigenvalue weighted by molar-refractivity contribution is 6.32. The van der Waals surface area contributed by atoms with Gasteiger partial charge in [0.05, 0.1) is 16.1 Å². The number of hydrogen-bond acceptors (Lipinski definition) is 3. The first-order valence-electron chi connectivity index (χ1n) is 9.00. The number of halogens is 4. The fourth-order valence-corrected chi connectivity index (χ4v) is 2.82. The molecule has 0 amide bonds. The quantitative estimate of drug-likeness (QED) is 0.425. The maximum Gasteiger partial charge on any atom is 0.416 e. The van der Waals surface area contributed by atoms with E-state index in [0.29, 0.717) is 11.3 Å². The molecule has 3 aromatic rings. The summed E-state index contributed by atoms with van der Waals surface area (Å²) in [7, 11) is 0. The van der Waals surface area contributed by atoms with Gasteiger partial charge in [-0.05, 0) is 54.1 Å². The number of alkyl halides is 3. The molecule has 0 saturated carbocycles. The van der Waals surface area contributed by atoms with E-state index >= 15 is 0 Å². The topological polar surface area (TPSA) is 55.8 Å². The molecule has 3 rings (SSSR count). The number of carbonyl (C=O) groups is 1. The predicted octanol–water partition coefficient (Wildman–Crippen LogP) is 6.94. The second kappa shape index (κ2) is 9.57. The van der Waals surface area contributed by atoms with Gasteiger partial charge in [-0.15, -0.1) is 0 Å². The molecule has 0 aromatic heterocycles. The van der Waals surface area contributed by atoms with Crippen LogP contribution in [0.15, 0.2) is 72.8 Å². The maximum absolute atomic E-state index is 12.6. The van der Waals surface area contributed by atoms with E-state index in [1.807, 2.05) is 0 Å². The third-order valence-electron chi connectivity index (χ3n) is 4.12. The minimum absolute atomic E-state index is 0.0616. The third kappa shape index (κ3) is 6.02. The molecule has 3 aromatic carbocycles. The summed E-state index contributed by atoms with van der Waals surface area (Å²) in [5.41, 5.74) is -0.0651. The van der Waals surface area contributed by atoms with Crippen molar-refractivity contribution in [3.8, 4) is 17.2 Å². The fraction of sp³-hybridized carbons (Fsp3) is 0.0870. The van der Waals surface area contributed by atoms with Crippen molar-refractivity contribution < 1.29 is 32.5 Å². The minimum Gasteiger partial charge on any atom is -0.486 e. The lowest BCUT2D eigenvalue weighted by Gasteiger charge is -2.13. The van der Waals surface area contributed by atoms with Crippen LogP contribution >= 0.6 is 11.6 Å². The molecule has 1 N–H and O–H groups in total. The molecule has 31 heavy (non-hydrogen) atoms. The van der Waals surface area contributed by atoms with Crippen molar-refractivity contribution >= 4 is 23.6 Å². The van der Waals surface area contributed by atoms with E-state index in [1.54, 1.807) is 42.5 Å². The Morgan fingerprint density at radius 1 is 1.03 bits per heavy atom. The van der Waals surface area contributed by atoms with Crippen LogP contribution in [-0.4, -0.2) is 17.7 Å². The lowest BCUT2D eigenvalue weighted by molar-refractivity contribution is -0.137. The van der Waals surface area contributed by atoms with Crippen molar-refractivity contribution in [1.82, 2.24) is 0 Å². The van der Waals surface area contributed by atoms with Crippen LogP contribution in [0.3, 0.4) is 0 Å². The highest BCUT2D eigenvalue weighted by atomic mass is 35.5. The van der Waals surface area contributed by atoms with Gasteiger partial charge in [0.15, 0.2) is 11.5 Å². The summed E-state index contributed by atoms with van der Waals surface area (Å²) >= 11 is 6.21. The minimum atomic E-state index is -4.38. The molecule has 0 aliphatic heterocycles. The van der Waals surface area contributed by atoms with E-state index < -0.39 is 17.7 Å². The highest BCUT2D eigenvalue weighted by Crippen LogP contribution is 2.38. The standard InChI is InChI=1S/C23H16ClF3O4/c24-19-7-2-8-20(21(19)31-18-6-1-5-16(14-18)22(28)29)30-13-3-4-15-9-11-17(12-10-15)23(25,26)27/h1-12,14H,13H2,(H,28,29). The second-order valence-electron chi connectivity index (χ2n) is 6.34. The van der Waals surface area contributed by atoms with E-state index in [2.05, 4.69) is 0 Å². The summed E-state index contributed by atoms with van der Waals surface area (Å²) in [5, 5.41) is 9.38. The van der Waals surface area contributed by atoms with Crippen molar-refractivity contribution in [2.75, 3.05) is 6.61 Å². The van der Waals surface area contributed by atoms with Crippen molar-refractivity contribution in [2.45, 2.75) is 6.18 Å². The molecule has 0 spiro atoms. The van der Waals surface area contributed by atoms with Crippen molar-refractivity contribution in [2.24, 2.45) is 0 Å². The molecule has 0 unspecified atom stereocenters. The zero-order chi connectivity index (χ0) is 22.4. The van der Waals surface area contributed by atoms with Gasteiger partial charge < -0.3 is 14.6 Å². The molecule has 0 bridgehead atoms. The molecule has 0 saturated heterocycles. The van der Waals surface area contributed by atoms with Gasteiger partial charge in [-0.1, -0.05) is 41.9 Å². The van der Waals surface area contributed by atoms with E-state index in [4.69, 9.17) is 26.2 Å². The Bertz CT molecular complexity index is 1090. The van der Waals surface area contributed by atoms with Crippen LogP contribution in [0.4, 0.5) is 13.2 Å². The second-order valence-corrected chi connectivity index (χ2v) is 6.74. The first-order valence-corrected chi connectivity index (χ1v) is 9.38. The lowest BCUT2D eigenvalue weighted by Crippen LogP contribution is -2.04. The van der Waals surface area contributed by atoms with Crippen LogP contribution in [0, 0.1) is 0 Å². The van der Waals surface area contributed by atoms with Crippen LogP contribution in [-0.2, 0) is 6.18 Å². The zero-order valence-electron chi connectivity index (χ0n) is 15.9. The Balaban J connectivity index is 1.69. The average molecular weight is 449 g/mol. The Morgan fingerprint density at radius 3 is 2.42 bits per heavy atom. The Labute approximate surface area is 181 Å². The van der Waals surface area contributed by atoms with Crippen LogP contribution in [0.2, 0.25) is 5.02 Å². The summed E-state index contributed by atoms with van der Waals surface area (Å²) in [5.74, 6) is -0.271. The monoisotopic (exact) mass is 448 g/mol. The van der Waals surface area contributed by atoms with E-state index in [1.165, 1.54) is 24.3 Å². The largest absolute Gasteiger partial charge is 0.486 e. The molecule has 160 valence electrons. The van der Waals surface area contributed by atoms with E-state index in [0.717, 1.165) is 12.1 Å². The SMILES string of the molecule is O=C(O)c1cccc(Oc2c(Cl)cccc2OCC=Cc2ccc(C(F)(F)F)cc2)c1. The summed E-state index contributed by atoms with van der Waals surface area (Å²) in [6.07, 6.45) is -1.11. The molecule has 0 aliphatic rings. The van der Waals surface area contributed by atoms with Crippen molar-refractivity contribution in [3.05, 3.63) is 94.5 Å². The molecule has 8 heteroatoms. The maximum atomic E-state index is 12.6. The molecule has 0 atom stereocenters. The number of rotatable bonds is 7. The molecule has 0 heterocycles. The van der Waals surface area contributed by atoms with E-state index in [9.17, 15) is 18.0 Å². The van der Waals surface area contributed by atoms with Gasteiger partial charge in [0.25, 0.3) is 0 Å². The van der Waals surface area contributed by atoms with Crippen LogP contribution in [0.25, 0.3) is 6.08 Å². The van der Waals surface area contributed by atoms with Crippen LogP contribution < -0.4 is 9.47 Å². The fourth-order valence-electron chi connectivity index (χ4n) is 2.62. The first kappa shape index (κ1) is 22.2. The van der Waals surface area contributed by atoms with Gasteiger partial charge in [-0.2, -0.15) is 13.2 Å². The van der Waals surface area contributed by atoms with Gasteiger partial charge in [0.1, 0.15) is 12.4 Å². The Hall–Kier alpha value is -3.45. The molecule has 0 fully saturated rings. The van der Waals surface area contributed by atoms with Gasteiger partial charge in [0, 0.05) is 0 Å². The number of carboxylic acid groups (broad SMARTS) is 1. The number of aromatic carboxylic acids is 1.